The lowest BCUT2D eigenvalue weighted by Crippen LogP contribution is -2.17. The maximum atomic E-state index is 5.12. The molecule has 4 aromatic heterocycles. The number of aromatic nitrogens is 6. The number of aromatic amines is 1. The van der Waals surface area contributed by atoms with Crippen molar-refractivity contribution in [1.82, 2.24) is 29.3 Å². The van der Waals surface area contributed by atoms with Gasteiger partial charge in [-0.25, -0.2) is 15.0 Å². The molecular formula is C19H21N7OS. The summed E-state index contributed by atoms with van der Waals surface area (Å²) in [5, 5.41) is 6.55. The second kappa shape index (κ2) is 7.43. The molecular weight excluding hydrogens is 374 g/mol. The van der Waals surface area contributed by atoms with Crippen LogP contribution in [0.15, 0.2) is 41.1 Å². The molecule has 28 heavy (non-hydrogen) atoms. The van der Waals surface area contributed by atoms with Crippen molar-refractivity contribution in [2.45, 2.75) is 20.4 Å². The van der Waals surface area contributed by atoms with E-state index in [-0.39, 0.29) is 0 Å². The molecule has 1 N–H and O–H groups in total. The molecule has 0 aliphatic heterocycles. The summed E-state index contributed by atoms with van der Waals surface area (Å²) in [5.74, 6) is 1.30. The number of hydrogen-bond donors (Lipinski definition) is 1. The van der Waals surface area contributed by atoms with Gasteiger partial charge in [-0.3, -0.25) is 4.68 Å². The predicted octanol–water partition coefficient (Wildman–Crippen LogP) is 2.97. The zero-order valence-electron chi connectivity index (χ0n) is 16.2. The lowest BCUT2D eigenvalue weighted by Gasteiger charge is -2.07. The number of ether oxygens (including phenoxy) is 1. The molecule has 0 saturated heterocycles. The first kappa shape index (κ1) is 18.2. The minimum absolute atomic E-state index is 0.533. The van der Waals surface area contributed by atoms with Crippen LogP contribution in [0.5, 0.6) is 5.88 Å². The summed E-state index contributed by atoms with van der Waals surface area (Å²) in [6, 6.07) is 5.84. The summed E-state index contributed by atoms with van der Waals surface area (Å²) in [6.07, 6.45) is 3.41. The molecule has 0 aliphatic carbocycles. The quantitative estimate of drug-likeness (QED) is 0.563. The van der Waals surface area contributed by atoms with Gasteiger partial charge in [0.15, 0.2) is 10.6 Å². The van der Waals surface area contributed by atoms with E-state index in [2.05, 4.69) is 49.9 Å². The smallest absolute Gasteiger partial charge is 0.213 e. The maximum Gasteiger partial charge on any atom is 0.213 e. The van der Waals surface area contributed by atoms with Crippen LogP contribution in [-0.2, 0) is 13.6 Å². The maximum absolute atomic E-state index is 5.12. The van der Waals surface area contributed by atoms with Crippen molar-refractivity contribution in [2.75, 3.05) is 7.11 Å². The van der Waals surface area contributed by atoms with Crippen molar-refractivity contribution in [3.8, 4) is 17.1 Å². The second-order valence-electron chi connectivity index (χ2n) is 6.49. The molecule has 0 spiro atoms. The predicted molar refractivity (Wildman–Crippen MR) is 108 cm³/mol. The highest BCUT2D eigenvalue weighted by Crippen LogP contribution is 2.26. The fraction of sp³-hybridized carbons (Fsp3) is 0.263. The minimum Gasteiger partial charge on any atom is -0.481 e. The average Bonchev–Trinajstić information content (AvgIpc) is 3.36. The van der Waals surface area contributed by atoms with Gasteiger partial charge in [-0.2, -0.15) is 5.10 Å². The van der Waals surface area contributed by atoms with E-state index in [0.717, 1.165) is 39.0 Å². The van der Waals surface area contributed by atoms with Crippen LogP contribution in [0.2, 0.25) is 0 Å². The van der Waals surface area contributed by atoms with Gasteiger partial charge in [0.2, 0.25) is 5.88 Å². The van der Waals surface area contributed by atoms with Crippen LogP contribution >= 0.6 is 11.3 Å². The molecule has 0 aromatic carbocycles. The average molecular weight is 395 g/mol. The van der Waals surface area contributed by atoms with E-state index in [1.54, 1.807) is 41.7 Å². The standard InChI is InChI=1S/C19H21N7OS/c1-12-7-15(13(2)22-12)16-10-28-19(23-14-5-6-18(27-4)20-8-14)26(16)9-17-21-11-25(3)24-17/h5-8,10-11,22H,9H2,1-4H3. The number of pyridine rings is 1. The first-order valence-corrected chi connectivity index (χ1v) is 9.65. The van der Waals surface area contributed by atoms with Crippen LogP contribution in [0.3, 0.4) is 0 Å². The third-order valence-corrected chi connectivity index (χ3v) is 5.19. The lowest BCUT2D eigenvalue weighted by atomic mass is 10.2. The fourth-order valence-electron chi connectivity index (χ4n) is 3.04. The molecule has 4 heterocycles. The zero-order valence-corrected chi connectivity index (χ0v) is 17.0. The minimum atomic E-state index is 0.533. The third-order valence-electron chi connectivity index (χ3n) is 4.32. The van der Waals surface area contributed by atoms with Gasteiger partial charge < -0.3 is 14.3 Å². The van der Waals surface area contributed by atoms with Crippen molar-refractivity contribution in [3.05, 3.63) is 58.1 Å². The summed E-state index contributed by atoms with van der Waals surface area (Å²) in [4.78, 5) is 17.6. The number of hydrogen-bond acceptors (Lipinski definition) is 6. The van der Waals surface area contributed by atoms with Crippen molar-refractivity contribution < 1.29 is 4.74 Å². The SMILES string of the molecule is COc1ccc(N=c2scc(-c3cc(C)[nH]c3C)n2Cc2ncn(C)n2)cn1. The molecule has 144 valence electrons. The van der Waals surface area contributed by atoms with E-state index >= 15 is 0 Å². The molecule has 0 fully saturated rings. The van der Waals surface area contributed by atoms with E-state index in [4.69, 9.17) is 9.73 Å². The van der Waals surface area contributed by atoms with E-state index < -0.39 is 0 Å². The Labute approximate surface area is 166 Å². The molecule has 0 amide bonds. The molecule has 8 nitrogen and oxygen atoms in total. The monoisotopic (exact) mass is 395 g/mol. The van der Waals surface area contributed by atoms with Gasteiger partial charge in [-0.1, -0.05) is 0 Å². The Morgan fingerprint density at radius 2 is 2.11 bits per heavy atom. The van der Waals surface area contributed by atoms with Gasteiger partial charge in [0.1, 0.15) is 6.33 Å². The fourth-order valence-corrected chi connectivity index (χ4v) is 3.96. The Morgan fingerprint density at radius 1 is 1.25 bits per heavy atom. The molecule has 0 radical (unpaired) electrons. The van der Waals surface area contributed by atoms with Crippen molar-refractivity contribution in [3.63, 3.8) is 0 Å². The normalized spacial score (nSPS) is 11.9. The van der Waals surface area contributed by atoms with Crippen LogP contribution in [0, 0.1) is 13.8 Å². The lowest BCUT2D eigenvalue weighted by molar-refractivity contribution is 0.398. The number of methoxy groups -OCH3 is 1. The summed E-state index contributed by atoms with van der Waals surface area (Å²) in [7, 11) is 3.46. The van der Waals surface area contributed by atoms with E-state index in [1.165, 1.54) is 0 Å². The molecule has 9 heteroatoms. The topological polar surface area (TPSA) is 85.9 Å². The van der Waals surface area contributed by atoms with Crippen molar-refractivity contribution in [1.29, 1.82) is 0 Å². The Morgan fingerprint density at radius 3 is 2.71 bits per heavy atom. The van der Waals surface area contributed by atoms with Gasteiger partial charge >= 0.3 is 0 Å². The zero-order chi connectivity index (χ0) is 19.7. The first-order chi connectivity index (χ1) is 13.5. The Kier molecular flexibility index (Phi) is 4.82. The van der Waals surface area contributed by atoms with E-state index in [0.29, 0.717) is 12.4 Å². The molecule has 0 bridgehead atoms. The number of H-pyrrole nitrogens is 1. The van der Waals surface area contributed by atoms with Crippen LogP contribution in [0.4, 0.5) is 5.69 Å². The van der Waals surface area contributed by atoms with Gasteiger partial charge in [0.25, 0.3) is 0 Å². The third kappa shape index (κ3) is 3.61. The highest BCUT2D eigenvalue weighted by Gasteiger charge is 2.14. The molecule has 0 aliphatic rings. The largest absolute Gasteiger partial charge is 0.481 e. The van der Waals surface area contributed by atoms with Gasteiger partial charge in [0.05, 0.1) is 31.2 Å². The number of thiazole rings is 1. The van der Waals surface area contributed by atoms with Gasteiger partial charge in [0, 0.05) is 35.4 Å². The number of rotatable bonds is 5. The summed E-state index contributed by atoms with van der Waals surface area (Å²) < 4.78 is 8.97. The van der Waals surface area contributed by atoms with Gasteiger partial charge in [-0.15, -0.1) is 11.3 Å². The number of nitrogens with zero attached hydrogens (tertiary/aromatic N) is 6. The van der Waals surface area contributed by atoms with Gasteiger partial charge in [-0.05, 0) is 26.0 Å². The van der Waals surface area contributed by atoms with Crippen molar-refractivity contribution in [2.24, 2.45) is 12.0 Å². The highest BCUT2D eigenvalue weighted by atomic mass is 32.1. The first-order valence-electron chi connectivity index (χ1n) is 8.77. The highest BCUT2D eigenvalue weighted by molar-refractivity contribution is 7.07. The summed E-state index contributed by atoms with van der Waals surface area (Å²) in [5.41, 5.74) is 5.24. The van der Waals surface area contributed by atoms with E-state index in [1.807, 2.05) is 13.1 Å². The Bertz CT molecular complexity index is 1160. The molecule has 0 unspecified atom stereocenters. The van der Waals surface area contributed by atoms with Crippen LogP contribution < -0.4 is 9.54 Å². The molecule has 0 saturated carbocycles. The van der Waals surface area contributed by atoms with E-state index in [9.17, 15) is 0 Å². The number of aryl methyl sites for hydroxylation is 3. The van der Waals surface area contributed by atoms with Crippen LogP contribution in [-0.4, -0.2) is 36.4 Å². The second-order valence-corrected chi connectivity index (χ2v) is 7.32. The number of nitrogens with one attached hydrogen (secondary N) is 1. The molecule has 0 atom stereocenters. The summed E-state index contributed by atoms with van der Waals surface area (Å²) in [6.45, 7) is 4.67. The molecule has 4 rings (SSSR count). The summed E-state index contributed by atoms with van der Waals surface area (Å²) >= 11 is 1.58. The van der Waals surface area contributed by atoms with Crippen molar-refractivity contribution >= 4 is 17.0 Å². The molecule has 4 aromatic rings. The Hall–Kier alpha value is -3.20. The van der Waals surface area contributed by atoms with Crippen LogP contribution in [0.1, 0.15) is 17.2 Å². The Balaban J connectivity index is 1.83. The van der Waals surface area contributed by atoms with Crippen LogP contribution in [0.25, 0.3) is 11.3 Å².